The second-order valence-electron chi connectivity index (χ2n) is 3.65. The second-order valence-corrected chi connectivity index (χ2v) is 3.65. The molecule has 0 saturated carbocycles. The molecule has 0 aromatic rings. The van der Waals surface area contributed by atoms with Crippen LogP contribution in [0.4, 0.5) is 4.79 Å². The average Bonchev–Trinajstić information content (AvgIpc) is 2.17. The Morgan fingerprint density at radius 2 is 2.08 bits per heavy atom. The summed E-state index contributed by atoms with van der Waals surface area (Å²) in [4.78, 5) is 12.9. The van der Waals surface area contributed by atoms with Crippen molar-refractivity contribution in [2.24, 2.45) is 11.7 Å². The van der Waals surface area contributed by atoms with Gasteiger partial charge in [0, 0.05) is 19.1 Å². The van der Waals surface area contributed by atoms with Crippen molar-refractivity contribution in [3.63, 3.8) is 0 Å². The molecule has 2 N–H and O–H groups in total. The first kappa shape index (κ1) is 10.3. The van der Waals surface area contributed by atoms with Crippen molar-refractivity contribution < 1.29 is 9.53 Å². The van der Waals surface area contributed by atoms with Crippen LogP contribution in [0.15, 0.2) is 0 Å². The normalized spacial score (nSPS) is 21.3. The maximum atomic E-state index is 11.1. The molecule has 1 aliphatic rings. The molecule has 13 heavy (non-hydrogen) atoms. The van der Waals surface area contributed by atoms with Gasteiger partial charge in [0.25, 0.3) is 0 Å². The van der Waals surface area contributed by atoms with Crippen molar-refractivity contribution in [3.05, 3.63) is 0 Å². The third-order valence-electron chi connectivity index (χ3n) is 2.72. The van der Waals surface area contributed by atoms with Crippen LogP contribution in [0.1, 0.15) is 19.8 Å². The number of methoxy groups -OCH3 is 1. The number of likely N-dealkylation sites (tertiary alicyclic amines) is 1. The minimum Gasteiger partial charge on any atom is -0.453 e. The van der Waals surface area contributed by atoms with Gasteiger partial charge < -0.3 is 15.4 Å². The van der Waals surface area contributed by atoms with Gasteiger partial charge in [-0.3, -0.25) is 0 Å². The van der Waals surface area contributed by atoms with Crippen LogP contribution in [-0.2, 0) is 4.74 Å². The van der Waals surface area contributed by atoms with E-state index in [-0.39, 0.29) is 12.1 Å². The number of ether oxygens (including phenoxy) is 1. The van der Waals surface area contributed by atoms with E-state index in [9.17, 15) is 4.79 Å². The highest BCUT2D eigenvalue weighted by Gasteiger charge is 2.24. The molecule has 1 rings (SSSR count). The van der Waals surface area contributed by atoms with E-state index in [0.29, 0.717) is 5.92 Å². The van der Waals surface area contributed by atoms with Crippen LogP contribution in [-0.4, -0.2) is 37.2 Å². The number of hydrogen-bond donors (Lipinski definition) is 1. The van der Waals surface area contributed by atoms with E-state index in [2.05, 4.69) is 4.74 Å². The first-order chi connectivity index (χ1) is 6.15. The molecule has 1 amide bonds. The van der Waals surface area contributed by atoms with Gasteiger partial charge >= 0.3 is 6.09 Å². The fourth-order valence-electron chi connectivity index (χ4n) is 1.74. The molecule has 4 nitrogen and oxygen atoms in total. The zero-order valence-electron chi connectivity index (χ0n) is 8.32. The van der Waals surface area contributed by atoms with Crippen LogP contribution in [0.2, 0.25) is 0 Å². The number of carbonyl (C=O) groups is 1. The summed E-state index contributed by atoms with van der Waals surface area (Å²) in [6, 6.07) is 0.236. The van der Waals surface area contributed by atoms with Crippen molar-refractivity contribution in [1.29, 1.82) is 0 Å². The molecule has 0 radical (unpaired) electrons. The minimum absolute atomic E-state index is 0.219. The number of nitrogens with zero attached hydrogens (tertiary/aromatic N) is 1. The van der Waals surface area contributed by atoms with E-state index in [4.69, 9.17) is 5.73 Å². The van der Waals surface area contributed by atoms with E-state index in [1.807, 2.05) is 6.92 Å². The van der Waals surface area contributed by atoms with E-state index in [1.54, 1.807) is 4.90 Å². The Hall–Kier alpha value is -0.770. The standard InChI is InChI=1S/C9H18N2O2/c1-7(10)8-3-5-11(6-4-8)9(12)13-2/h7-8H,3-6,10H2,1-2H3. The number of carbonyl (C=O) groups excluding carboxylic acids is 1. The molecule has 76 valence electrons. The van der Waals surface area contributed by atoms with Crippen molar-refractivity contribution in [2.45, 2.75) is 25.8 Å². The molecule has 1 aliphatic heterocycles. The summed E-state index contributed by atoms with van der Waals surface area (Å²) in [5.41, 5.74) is 5.79. The summed E-state index contributed by atoms with van der Waals surface area (Å²) in [7, 11) is 1.42. The average molecular weight is 186 g/mol. The predicted molar refractivity (Wildman–Crippen MR) is 50.4 cm³/mol. The lowest BCUT2D eigenvalue weighted by Gasteiger charge is -2.32. The third-order valence-corrected chi connectivity index (χ3v) is 2.72. The molecule has 0 spiro atoms. The zero-order chi connectivity index (χ0) is 9.84. The second kappa shape index (κ2) is 4.46. The fourth-order valence-corrected chi connectivity index (χ4v) is 1.74. The van der Waals surface area contributed by atoms with E-state index in [1.165, 1.54) is 7.11 Å². The highest BCUT2D eigenvalue weighted by molar-refractivity contribution is 5.67. The molecule has 0 aromatic heterocycles. The molecule has 1 saturated heterocycles. The highest BCUT2D eigenvalue weighted by Crippen LogP contribution is 2.19. The minimum atomic E-state index is -0.219. The quantitative estimate of drug-likeness (QED) is 0.659. The first-order valence-corrected chi connectivity index (χ1v) is 4.73. The third kappa shape index (κ3) is 2.59. The summed E-state index contributed by atoms with van der Waals surface area (Å²) in [5.74, 6) is 0.556. The Morgan fingerprint density at radius 1 is 1.54 bits per heavy atom. The van der Waals surface area contributed by atoms with Gasteiger partial charge in [-0.05, 0) is 25.7 Å². The monoisotopic (exact) mass is 186 g/mol. The molecule has 1 atom stereocenters. The zero-order valence-corrected chi connectivity index (χ0v) is 8.32. The Bertz CT molecular complexity index is 174. The number of nitrogens with two attached hydrogens (primary N) is 1. The Balaban J connectivity index is 2.34. The topological polar surface area (TPSA) is 55.6 Å². The summed E-state index contributed by atoms with van der Waals surface area (Å²) in [6.07, 6.45) is 1.77. The van der Waals surface area contributed by atoms with Gasteiger partial charge in [0.1, 0.15) is 0 Å². The van der Waals surface area contributed by atoms with Gasteiger partial charge in [0.15, 0.2) is 0 Å². The smallest absolute Gasteiger partial charge is 0.409 e. The number of piperidine rings is 1. The lowest BCUT2D eigenvalue weighted by Crippen LogP contribution is -2.42. The summed E-state index contributed by atoms with van der Waals surface area (Å²) >= 11 is 0. The number of rotatable bonds is 1. The molecule has 0 bridgehead atoms. The lowest BCUT2D eigenvalue weighted by atomic mass is 9.91. The van der Waals surface area contributed by atoms with Crippen LogP contribution in [0.3, 0.4) is 0 Å². The molecule has 4 heteroatoms. The van der Waals surface area contributed by atoms with Crippen LogP contribution in [0, 0.1) is 5.92 Å². The van der Waals surface area contributed by atoms with Crippen LogP contribution < -0.4 is 5.73 Å². The Morgan fingerprint density at radius 3 is 2.46 bits per heavy atom. The highest BCUT2D eigenvalue weighted by atomic mass is 16.5. The van der Waals surface area contributed by atoms with Crippen LogP contribution in [0.25, 0.3) is 0 Å². The molecule has 0 aliphatic carbocycles. The molecular formula is C9H18N2O2. The number of hydrogen-bond acceptors (Lipinski definition) is 3. The van der Waals surface area contributed by atoms with Crippen molar-refractivity contribution in [1.82, 2.24) is 4.90 Å². The van der Waals surface area contributed by atoms with E-state index in [0.717, 1.165) is 25.9 Å². The van der Waals surface area contributed by atoms with Crippen molar-refractivity contribution in [3.8, 4) is 0 Å². The number of amides is 1. The SMILES string of the molecule is COC(=O)N1CCC(C(C)N)CC1. The molecular weight excluding hydrogens is 168 g/mol. The van der Waals surface area contributed by atoms with Crippen molar-refractivity contribution in [2.75, 3.05) is 20.2 Å². The molecule has 0 aromatic carbocycles. The van der Waals surface area contributed by atoms with E-state index >= 15 is 0 Å². The fraction of sp³-hybridized carbons (Fsp3) is 0.889. The van der Waals surface area contributed by atoms with Gasteiger partial charge in [0.05, 0.1) is 7.11 Å². The maximum Gasteiger partial charge on any atom is 0.409 e. The van der Waals surface area contributed by atoms with Crippen molar-refractivity contribution >= 4 is 6.09 Å². The lowest BCUT2D eigenvalue weighted by molar-refractivity contribution is 0.103. The predicted octanol–water partition coefficient (Wildman–Crippen LogP) is 0.812. The van der Waals surface area contributed by atoms with E-state index < -0.39 is 0 Å². The summed E-state index contributed by atoms with van der Waals surface area (Å²) < 4.78 is 4.64. The maximum absolute atomic E-state index is 11.1. The van der Waals surface area contributed by atoms with Gasteiger partial charge in [-0.1, -0.05) is 0 Å². The molecule has 1 unspecified atom stereocenters. The van der Waals surface area contributed by atoms with Gasteiger partial charge in [-0.2, -0.15) is 0 Å². The molecule has 1 heterocycles. The molecule has 1 fully saturated rings. The van der Waals surface area contributed by atoms with Crippen LogP contribution in [0.5, 0.6) is 0 Å². The summed E-state index contributed by atoms with van der Waals surface area (Å²) in [5, 5.41) is 0. The Labute approximate surface area is 79.0 Å². The summed E-state index contributed by atoms with van der Waals surface area (Å²) in [6.45, 7) is 3.58. The van der Waals surface area contributed by atoms with Crippen LogP contribution >= 0.6 is 0 Å². The largest absolute Gasteiger partial charge is 0.453 e. The van der Waals surface area contributed by atoms with Gasteiger partial charge in [-0.15, -0.1) is 0 Å². The first-order valence-electron chi connectivity index (χ1n) is 4.73. The van der Waals surface area contributed by atoms with Gasteiger partial charge in [0.2, 0.25) is 0 Å². The Kier molecular flexibility index (Phi) is 3.54. The van der Waals surface area contributed by atoms with Gasteiger partial charge in [-0.25, -0.2) is 4.79 Å².